The molecular formula is C14H17N2O3. The Morgan fingerprint density at radius 2 is 2.16 bits per heavy atom. The third-order valence-corrected chi connectivity index (χ3v) is 3.17. The van der Waals surface area contributed by atoms with Gasteiger partial charge in [-0.1, -0.05) is 18.2 Å². The molecule has 1 atom stereocenters. The van der Waals surface area contributed by atoms with E-state index in [1.165, 1.54) is 4.90 Å². The van der Waals surface area contributed by atoms with Crippen molar-refractivity contribution in [2.75, 3.05) is 18.1 Å². The van der Waals surface area contributed by atoms with Gasteiger partial charge < -0.3 is 10.4 Å². The number of nitrogens with one attached hydrogen (secondary N) is 1. The Morgan fingerprint density at radius 1 is 1.42 bits per heavy atom. The zero-order valence-electron chi connectivity index (χ0n) is 10.6. The molecule has 0 aromatic heterocycles. The van der Waals surface area contributed by atoms with Crippen LogP contribution in [0.4, 0.5) is 5.69 Å². The molecule has 0 spiro atoms. The van der Waals surface area contributed by atoms with Crippen LogP contribution in [0.1, 0.15) is 12.0 Å². The number of carbonyl (C=O) groups is 2. The SMILES string of the molecule is [CH2]CC(=O)N1c2ccccc2C[C@H]1C(=O)NCCO. The number of rotatable bonds is 4. The lowest BCUT2D eigenvalue weighted by Crippen LogP contribution is -2.48. The number of aliphatic hydroxyl groups excluding tert-OH is 1. The van der Waals surface area contributed by atoms with Crippen LogP contribution in [0.15, 0.2) is 24.3 Å². The van der Waals surface area contributed by atoms with Crippen molar-refractivity contribution in [2.45, 2.75) is 18.9 Å². The van der Waals surface area contributed by atoms with E-state index in [0.29, 0.717) is 6.42 Å². The molecule has 1 aliphatic rings. The molecule has 2 rings (SSSR count). The Kier molecular flexibility index (Phi) is 4.16. The average Bonchev–Trinajstić information content (AvgIpc) is 2.83. The van der Waals surface area contributed by atoms with Crippen molar-refractivity contribution in [2.24, 2.45) is 0 Å². The molecule has 19 heavy (non-hydrogen) atoms. The summed E-state index contributed by atoms with van der Waals surface area (Å²) in [6.45, 7) is 3.67. The number of anilines is 1. The molecule has 0 saturated heterocycles. The largest absolute Gasteiger partial charge is 0.395 e. The van der Waals surface area contributed by atoms with E-state index in [1.54, 1.807) is 0 Å². The third kappa shape index (κ3) is 2.61. The summed E-state index contributed by atoms with van der Waals surface area (Å²) in [5, 5.41) is 11.4. The lowest BCUT2D eigenvalue weighted by molar-refractivity contribution is -0.126. The Bertz CT molecular complexity index is 487. The van der Waals surface area contributed by atoms with Gasteiger partial charge in [-0.3, -0.25) is 14.5 Å². The summed E-state index contributed by atoms with van der Waals surface area (Å²) in [4.78, 5) is 25.6. The maximum absolute atomic E-state index is 12.1. The van der Waals surface area contributed by atoms with Crippen LogP contribution in [0.3, 0.4) is 0 Å². The van der Waals surface area contributed by atoms with Crippen molar-refractivity contribution in [1.29, 1.82) is 0 Å². The first-order valence-corrected chi connectivity index (χ1v) is 6.26. The molecule has 5 heteroatoms. The molecule has 0 bridgehead atoms. The fourth-order valence-corrected chi connectivity index (χ4v) is 2.32. The predicted octanol–water partition coefficient (Wildman–Crippen LogP) is 0.277. The van der Waals surface area contributed by atoms with Crippen LogP contribution in [-0.2, 0) is 16.0 Å². The second kappa shape index (κ2) is 5.84. The first-order valence-electron chi connectivity index (χ1n) is 6.26. The van der Waals surface area contributed by atoms with Crippen LogP contribution in [-0.4, -0.2) is 36.1 Å². The molecule has 1 radical (unpaired) electrons. The minimum atomic E-state index is -0.543. The van der Waals surface area contributed by atoms with Crippen LogP contribution in [0.5, 0.6) is 0 Å². The molecule has 2 N–H and O–H groups in total. The maximum Gasteiger partial charge on any atom is 0.243 e. The van der Waals surface area contributed by atoms with Gasteiger partial charge in [-0.15, -0.1) is 0 Å². The number of amides is 2. The van der Waals surface area contributed by atoms with Crippen molar-refractivity contribution in [3.63, 3.8) is 0 Å². The van der Waals surface area contributed by atoms with Gasteiger partial charge in [0.25, 0.3) is 0 Å². The Hall–Kier alpha value is -1.88. The van der Waals surface area contributed by atoms with Gasteiger partial charge in [0.1, 0.15) is 6.04 Å². The van der Waals surface area contributed by atoms with E-state index in [0.717, 1.165) is 11.3 Å². The topological polar surface area (TPSA) is 69.6 Å². The minimum Gasteiger partial charge on any atom is -0.395 e. The molecule has 5 nitrogen and oxygen atoms in total. The Balaban J connectivity index is 2.25. The van der Waals surface area contributed by atoms with Crippen molar-refractivity contribution in [1.82, 2.24) is 5.32 Å². The molecular weight excluding hydrogens is 244 g/mol. The van der Waals surface area contributed by atoms with Gasteiger partial charge in [-0.25, -0.2) is 0 Å². The first kappa shape index (κ1) is 13.5. The second-order valence-corrected chi connectivity index (χ2v) is 4.38. The van der Waals surface area contributed by atoms with Gasteiger partial charge in [0.15, 0.2) is 0 Å². The van der Waals surface area contributed by atoms with Crippen molar-refractivity contribution in [3.8, 4) is 0 Å². The van der Waals surface area contributed by atoms with Gasteiger partial charge in [0, 0.05) is 25.1 Å². The zero-order chi connectivity index (χ0) is 13.8. The highest BCUT2D eigenvalue weighted by atomic mass is 16.3. The van der Waals surface area contributed by atoms with E-state index in [1.807, 2.05) is 24.3 Å². The molecule has 0 fully saturated rings. The summed E-state index contributed by atoms with van der Waals surface area (Å²) in [6.07, 6.45) is 0.608. The highest BCUT2D eigenvalue weighted by Gasteiger charge is 2.37. The van der Waals surface area contributed by atoms with Crippen LogP contribution >= 0.6 is 0 Å². The second-order valence-electron chi connectivity index (χ2n) is 4.38. The molecule has 0 unspecified atom stereocenters. The standard InChI is InChI=1S/C14H17N2O3/c1-2-13(18)16-11-6-4-3-5-10(11)9-12(16)14(19)15-7-8-17/h3-6,12,17H,1-2,7-9H2,(H,15,19)/t12-/m0/s1. The first-order chi connectivity index (χ1) is 9.19. The molecule has 0 saturated carbocycles. The lowest BCUT2D eigenvalue weighted by atomic mass is 10.1. The maximum atomic E-state index is 12.1. The summed E-state index contributed by atoms with van der Waals surface area (Å²) in [6, 6.07) is 6.94. The highest BCUT2D eigenvalue weighted by molar-refractivity contribution is 6.03. The van der Waals surface area contributed by atoms with E-state index in [9.17, 15) is 9.59 Å². The molecule has 1 aliphatic heterocycles. The van der Waals surface area contributed by atoms with Crippen LogP contribution in [0.2, 0.25) is 0 Å². The van der Waals surface area contributed by atoms with Gasteiger partial charge in [0.05, 0.1) is 6.61 Å². The van der Waals surface area contributed by atoms with Crippen LogP contribution in [0, 0.1) is 6.92 Å². The number of hydrogen-bond donors (Lipinski definition) is 2. The third-order valence-electron chi connectivity index (χ3n) is 3.17. The fourth-order valence-electron chi connectivity index (χ4n) is 2.32. The number of nitrogens with zero attached hydrogens (tertiary/aromatic N) is 1. The summed E-state index contributed by atoms with van der Waals surface area (Å²) >= 11 is 0. The van der Waals surface area contributed by atoms with Crippen LogP contribution in [0.25, 0.3) is 0 Å². The monoisotopic (exact) mass is 261 g/mol. The van der Waals surface area contributed by atoms with Crippen molar-refractivity contribution < 1.29 is 14.7 Å². The Labute approximate surface area is 112 Å². The molecule has 2 amide bonds. The molecule has 1 heterocycles. The number of para-hydroxylation sites is 1. The van der Waals surface area contributed by atoms with E-state index >= 15 is 0 Å². The van der Waals surface area contributed by atoms with Crippen molar-refractivity contribution >= 4 is 17.5 Å². The average molecular weight is 261 g/mol. The smallest absolute Gasteiger partial charge is 0.243 e. The summed E-state index contributed by atoms with van der Waals surface area (Å²) < 4.78 is 0. The van der Waals surface area contributed by atoms with E-state index in [-0.39, 0.29) is 31.4 Å². The lowest BCUT2D eigenvalue weighted by Gasteiger charge is -2.24. The quantitative estimate of drug-likeness (QED) is 0.817. The number of fused-ring (bicyclic) bond motifs is 1. The van der Waals surface area contributed by atoms with E-state index in [2.05, 4.69) is 12.2 Å². The van der Waals surface area contributed by atoms with Gasteiger partial charge in [-0.2, -0.15) is 0 Å². The van der Waals surface area contributed by atoms with Crippen molar-refractivity contribution in [3.05, 3.63) is 36.8 Å². The minimum absolute atomic E-state index is 0.109. The number of hydrogen-bond acceptors (Lipinski definition) is 3. The number of carbonyl (C=O) groups excluding carboxylic acids is 2. The predicted molar refractivity (Wildman–Crippen MR) is 71.5 cm³/mol. The summed E-state index contributed by atoms with van der Waals surface area (Å²) in [5.41, 5.74) is 1.76. The van der Waals surface area contributed by atoms with Gasteiger partial charge in [0.2, 0.25) is 11.8 Å². The summed E-state index contributed by atoms with van der Waals surface area (Å²) in [5.74, 6) is -0.416. The molecule has 1 aromatic carbocycles. The van der Waals surface area contributed by atoms with E-state index < -0.39 is 6.04 Å². The Morgan fingerprint density at radius 3 is 2.84 bits per heavy atom. The van der Waals surface area contributed by atoms with Gasteiger partial charge in [-0.05, 0) is 18.6 Å². The molecule has 101 valence electrons. The van der Waals surface area contributed by atoms with E-state index in [4.69, 9.17) is 5.11 Å². The molecule has 0 aliphatic carbocycles. The normalized spacial score (nSPS) is 17.2. The number of benzene rings is 1. The zero-order valence-corrected chi connectivity index (χ0v) is 10.6. The highest BCUT2D eigenvalue weighted by Crippen LogP contribution is 2.32. The molecule has 1 aromatic rings. The summed E-state index contributed by atoms with van der Waals surface area (Å²) in [7, 11) is 0. The van der Waals surface area contributed by atoms with Gasteiger partial charge >= 0.3 is 0 Å². The van der Waals surface area contributed by atoms with Crippen LogP contribution < -0.4 is 10.2 Å². The number of aliphatic hydroxyl groups is 1. The fraction of sp³-hybridized carbons (Fsp3) is 0.357.